The number of hydrogen-bond donors (Lipinski definition) is 0. The lowest BCUT2D eigenvalue weighted by molar-refractivity contribution is -0.152. The molecule has 23 heavy (non-hydrogen) atoms. The number of rotatable bonds is 5. The smallest absolute Gasteiger partial charge is 0.330 e. The third-order valence-electron chi connectivity index (χ3n) is 4.00. The first-order chi connectivity index (χ1) is 10.9. The molecule has 0 spiro atoms. The summed E-state index contributed by atoms with van der Waals surface area (Å²) in [6, 6.07) is 7.23. The summed E-state index contributed by atoms with van der Waals surface area (Å²) in [6.07, 6.45) is -0.363. The highest BCUT2D eigenvalue weighted by Crippen LogP contribution is 2.28. The van der Waals surface area contributed by atoms with Crippen molar-refractivity contribution < 1.29 is 19.1 Å². The highest BCUT2D eigenvalue weighted by Gasteiger charge is 2.45. The highest BCUT2D eigenvalue weighted by molar-refractivity contribution is 6.22. The topological polar surface area (TPSA) is 87.5 Å². The van der Waals surface area contributed by atoms with Crippen LogP contribution in [0.1, 0.15) is 47.9 Å². The Kier molecular flexibility index (Phi) is 4.80. The van der Waals surface area contributed by atoms with E-state index in [4.69, 9.17) is 10.00 Å². The molecule has 0 N–H and O–H groups in total. The number of amides is 2. The molecule has 6 nitrogen and oxygen atoms in total. The van der Waals surface area contributed by atoms with Crippen LogP contribution in [-0.4, -0.2) is 34.8 Å². The molecule has 0 aliphatic carbocycles. The van der Waals surface area contributed by atoms with Crippen LogP contribution in [0.5, 0.6) is 0 Å². The van der Waals surface area contributed by atoms with E-state index in [1.165, 1.54) is 6.92 Å². The molecule has 1 aromatic carbocycles. The summed E-state index contributed by atoms with van der Waals surface area (Å²) in [5.41, 5.74) is 0.568. The van der Waals surface area contributed by atoms with Gasteiger partial charge in [0.2, 0.25) is 0 Å². The molecule has 6 heteroatoms. The van der Waals surface area contributed by atoms with E-state index in [1.807, 2.05) is 6.92 Å². The van der Waals surface area contributed by atoms with E-state index in [9.17, 15) is 14.4 Å². The summed E-state index contributed by atoms with van der Waals surface area (Å²) < 4.78 is 5.05. The van der Waals surface area contributed by atoms with Gasteiger partial charge in [0.05, 0.1) is 11.1 Å². The zero-order chi connectivity index (χ0) is 17.1. The Morgan fingerprint density at radius 2 is 1.74 bits per heavy atom. The zero-order valence-electron chi connectivity index (χ0n) is 13.3. The monoisotopic (exact) mass is 314 g/mol. The number of ether oxygens (including phenoxy) is 1. The van der Waals surface area contributed by atoms with Crippen molar-refractivity contribution in [1.82, 2.24) is 4.90 Å². The molecule has 0 fully saturated rings. The molecule has 0 radical (unpaired) electrons. The molecule has 0 unspecified atom stereocenters. The van der Waals surface area contributed by atoms with E-state index < -0.39 is 29.9 Å². The first-order valence-corrected chi connectivity index (χ1v) is 7.49. The first-order valence-electron chi connectivity index (χ1n) is 7.49. The van der Waals surface area contributed by atoms with Gasteiger partial charge in [-0.1, -0.05) is 32.4 Å². The SMILES string of the molecule is CC[C@H](C)[C@@H](C(=O)O[C@H](C)C#N)N1C(=O)c2ccccc2C1=O. The Morgan fingerprint density at radius 1 is 1.22 bits per heavy atom. The molecular weight excluding hydrogens is 296 g/mol. The van der Waals surface area contributed by atoms with Crippen LogP contribution >= 0.6 is 0 Å². The fraction of sp³-hybridized carbons (Fsp3) is 0.412. The molecule has 0 saturated heterocycles. The average molecular weight is 314 g/mol. The molecule has 1 aromatic rings. The molecule has 0 aromatic heterocycles. The number of hydrogen-bond acceptors (Lipinski definition) is 5. The van der Waals surface area contributed by atoms with Crippen molar-refractivity contribution in [2.24, 2.45) is 5.92 Å². The van der Waals surface area contributed by atoms with Crippen LogP contribution in [0.4, 0.5) is 0 Å². The van der Waals surface area contributed by atoms with Crippen LogP contribution in [0.15, 0.2) is 24.3 Å². The molecule has 2 rings (SSSR count). The minimum Gasteiger partial charge on any atom is -0.446 e. The van der Waals surface area contributed by atoms with Crippen LogP contribution in [0, 0.1) is 17.2 Å². The Hall–Kier alpha value is -2.68. The van der Waals surface area contributed by atoms with Gasteiger partial charge in [0.25, 0.3) is 11.8 Å². The number of carbonyl (C=O) groups excluding carboxylic acids is 3. The quantitative estimate of drug-likeness (QED) is 0.614. The number of esters is 1. The van der Waals surface area contributed by atoms with Gasteiger partial charge in [-0.05, 0) is 25.0 Å². The lowest BCUT2D eigenvalue weighted by Crippen LogP contribution is -2.49. The minimum absolute atomic E-state index is 0.282. The lowest BCUT2D eigenvalue weighted by Gasteiger charge is -2.29. The number of nitrogens with zero attached hydrogens (tertiary/aromatic N) is 2. The zero-order valence-corrected chi connectivity index (χ0v) is 13.3. The number of carbonyl (C=O) groups is 3. The molecular formula is C17H18N2O4. The van der Waals surface area contributed by atoms with E-state index in [1.54, 1.807) is 37.3 Å². The predicted octanol–water partition coefficient (Wildman–Crippen LogP) is 2.15. The molecule has 1 aliphatic heterocycles. The Labute approximate surface area is 134 Å². The van der Waals surface area contributed by atoms with Crippen molar-refractivity contribution in [3.05, 3.63) is 35.4 Å². The molecule has 1 heterocycles. The fourth-order valence-electron chi connectivity index (χ4n) is 2.55. The summed E-state index contributed by atoms with van der Waals surface area (Å²) in [5.74, 6) is -2.02. The van der Waals surface area contributed by atoms with Crippen molar-refractivity contribution in [2.75, 3.05) is 0 Å². The van der Waals surface area contributed by atoms with Crippen LogP contribution in [0.2, 0.25) is 0 Å². The van der Waals surface area contributed by atoms with Gasteiger partial charge in [-0.25, -0.2) is 4.79 Å². The van der Waals surface area contributed by atoms with Gasteiger partial charge in [-0.3, -0.25) is 14.5 Å². The second kappa shape index (κ2) is 6.61. The summed E-state index contributed by atoms with van der Waals surface area (Å²) in [7, 11) is 0. The molecule has 3 atom stereocenters. The largest absolute Gasteiger partial charge is 0.446 e. The van der Waals surface area contributed by atoms with Crippen molar-refractivity contribution in [2.45, 2.75) is 39.3 Å². The van der Waals surface area contributed by atoms with Crippen LogP contribution in [0.25, 0.3) is 0 Å². The van der Waals surface area contributed by atoms with E-state index in [2.05, 4.69) is 0 Å². The van der Waals surface area contributed by atoms with Gasteiger partial charge >= 0.3 is 5.97 Å². The molecule has 0 saturated carbocycles. The summed E-state index contributed by atoms with van der Waals surface area (Å²) >= 11 is 0. The molecule has 1 aliphatic rings. The summed E-state index contributed by atoms with van der Waals surface area (Å²) in [6.45, 7) is 5.07. The highest BCUT2D eigenvalue weighted by atomic mass is 16.5. The average Bonchev–Trinajstić information content (AvgIpc) is 2.80. The van der Waals surface area contributed by atoms with E-state index in [0.717, 1.165) is 4.90 Å². The lowest BCUT2D eigenvalue weighted by atomic mass is 9.97. The third-order valence-corrected chi connectivity index (χ3v) is 4.00. The van der Waals surface area contributed by atoms with Gasteiger partial charge in [-0.2, -0.15) is 5.26 Å². The normalized spacial score (nSPS) is 17.2. The molecule has 2 amide bonds. The van der Waals surface area contributed by atoms with Crippen molar-refractivity contribution in [3.8, 4) is 6.07 Å². The van der Waals surface area contributed by atoms with Crippen LogP contribution < -0.4 is 0 Å². The van der Waals surface area contributed by atoms with Crippen molar-refractivity contribution in [3.63, 3.8) is 0 Å². The molecule has 0 bridgehead atoms. The maximum absolute atomic E-state index is 12.6. The first kappa shape index (κ1) is 16.7. The van der Waals surface area contributed by atoms with Gasteiger partial charge < -0.3 is 4.74 Å². The van der Waals surface area contributed by atoms with E-state index >= 15 is 0 Å². The van der Waals surface area contributed by atoms with Crippen LogP contribution in [0.3, 0.4) is 0 Å². The maximum Gasteiger partial charge on any atom is 0.330 e. The van der Waals surface area contributed by atoms with Gasteiger partial charge in [-0.15, -0.1) is 0 Å². The van der Waals surface area contributed by atoms with Crippen molar-refractivity contribution >= 4 is 17.8 Å². The number of fused-ring (bicyclic) bond motifs is 1. The van der Waals surface area contributed by atoms with Crippen molar-refractivity contribution in [1.29, 1.82) is 5.26 Å². The van der Waals surface area contributed by atoms with Gasteiger partial charge in [0, 0.05) is 0 Å². The Morgan fingerprint density at radius 3 is 2.17 bits per heavy atom. The Bertz CT molecular complexity index is 657. The standard InChI is InChI=1S/C17H18N2O4/c1-4-10(2)14(17(22)23-11(3)9-18)19-15(20)12-7-5-6-8-13(12)16(19)21/h5-8,10-11,14H,4H2,1-3H3/t10-,11+,14-/m0/s1. The molecule has 120 valence electrons. The summed E-state index contributed by atoms with van der Waals surface area (Å²) in [5, 5.41) is 8.80. The number of nitriles is 1. The van der Waals surface area contributed by atoms with Crippen LogP contribution in [-0.2, 0) is 9.53 Å². The van der Waals surface area contributed by atoms with E-state index in [0.29, 0.717) is 6.42 Å². The van der Waals surface area contributed by atoms with E-state index in [-0.39, 0.29) is 17.0 Å². The van der Waals surface area contributed by atoms with Gasteiger partial charge in [0.1, 0.15) is 12.1 Å². The second-order valence-electron chi connectivity index (χ2n) is 5.56. The minimum atomic E-state index is -1.04. The number of imide groups is 1. The number of benzene rings is 1. The predicted molar refractivity (Wildman–Crippen MR) is 81.4 cm³/mol. The maximum atomic E-state index is 12.6. The van der Waals surface area contributed by atoms with Gasteiger partial charge in [0.15, 0.2) is 6.10 Å². The summed E-state index contributed by atoms with van der Waals surface area (Å²) in [4.78, 5) is 38.5. The fourth-order valence-corrected chi connectivity index (χ4v) is 2.55. The third kappa shape index (κ3) is 2.95. The Balaban J connectivity index is 2.38. The second-order valence-corrected chi connectivity index (χ2v) is 5.56.